The summed E-state index contributed by atoms with van der Waals surface area (Å²) in [4.78, 5) is 28.2. The zero-order valence-electron chi connectivity index (χ0n) is 15.1. The molecule has 1 aromatic heterocycles. The molecule has 4 rings (SSSR count). The molecule has 30 heavy (non-hydrogen) atoms. The molecular formula is C21H12BrClN2O4S. The number of aliphatic imine (C=N–C) groups is 1. The summed E-state index contributed by atoms with van der Waals surface area (Å²) in [6.45, 7) is 0. The number of amidine groups is 1. The molecule has 0 atom stereocenters. The van der Waals surface area contributed by atoms with Crippen molar-refractivity contribution in [1.82, 2.24) is 5.32 Å². The van der Waals surface area contributed by atoms with Crippen molar-refractivity contribution >= 4 is 68.1 Å². The third-order valence-electron chi connectivity index (χ3n) is 4.07. The molecule has 0 unspecified atom stereocenters. The Morgan fingerprint density at radius 1 is 1.20 bits per heavy atom. The van der Waals surface area contributed by atoms with Crippen LogP contribution in [0.15, 0.2) is 73.4 Å². The molecule has 3 aromatic rings. The predicted molar refractivity (Wildman–Crippen MR) is 121 cm³/mol. The summed E-state index contributed by atoms with van der Waals surface area (Å²) in [5.41, 5.74) is 1.37. The van der Waals surface area contributed by atoms with Gasteiger partial charge in [0.15, 0.2) is 5.17 Å². The fourth-order valence-electron chi connectivity index (χ4n) is 2.70. The lowest BCUT2D eigenvalue weighted by Gasteiger charge is -2.01. The van der Waals surface area contributed by atoms with Gasteiger partial charge in [0.1, 0.15) is 11.5 Å². The van der Waals surface area contributed by atoms with Gasteiger partial charge in [-0.3, -0.25) is 4.79 Å². The minimum Gasteiger partial charge on any atom is -0.478 e. The predicted octanol–water partition coefficient (Wildman–Crippen LogP) is 5.95. The third-order valence-corrected chi connectivity index (χ3v) is 5.79. The van der Waals surface area contributed by atoms with Crippen LogP contribution in [0.1, 0.15) is 16.1 Å². The summed E-state index contributed by atoms with van der Waals surface area (Å²) in [6, 6.07) is 15.5. The van der Waals surface area contributed by atoms with Gasteiger partial charge in [-0.05, 0) is 54.2 Å². The Balaban J connectivity index is 1.55. The molecule has 9 heteroatoms. The first-order chi connectivity index (χ1) is 14.4. The Morgan fingerprint density at radius 3 is 2.77 bits per heavy atom. The van der Waals surface area contributed by atoms with Gasteiger partial charge in [0.05, 0.1) is 21.2 Å². The van der Waals surface area contributed by atoms with Crippen molar-refractivity contribution in [2.45, 2.75) is 0 Å². The highest BCUT2D eigenvalue weighted by Gasteiger charge is 2.24. The molecule has 2 heterocycles. The van der Waals surface area contributed by atoms with Crippen LogP contribution in [0, 0.1) is 0 Å². The number of hydrogen-bond donors (Lipinski definition) is 2. The molecule has 6 nitrogen and oxygen atoms in total. The van der Waals surface area contributed by atoms with E-state index in [0.29, 0.717) is 27.2 Å². The van der Waals surface area contributed by atoms with Gasteiger partial charge in [-0.2, -0.15) is 0 Å². The van der Waals surface area contributed by atoms with Gasteiger partial charge in [0, 0.05) is 16.1 Å². The summed E-state index contributed by atoms with van der Waals surface area (Å²) in [5, 5.41) is 12.4. The van der Waals surface area contributed by atoms with Gasteiger partial charge in [0.2, 0.25) is 0 Å². The van der Waals surface area contributed by atoms with Gasteiger partial charge < -0.3 is 14.8 Å². The average molecular weight is 504 g/mol. The van der Waals surface area contributed by atoms with E-state index in [9.17, 15) is 9.59 Å². The van der Waals surface area contributed by atoms with E-state index in [0.717, 1.165) is 10.2 Å². The number of thioether (sulfide) groups is 1. The molecule has 1 saturated heterocycles. The van der Waals surface area contributed by atoms with E-state index >= 15 is 0 Å². The van der Waals surface area contributed by atoms with Crippen molar-refractivity contribution < 1.29 is 19.1 Å². The molecule has 1 fully saturated rings. The third kappa shape index (κ3) is 4.51. The molecule has 0 saturated carbocycles. The molecule has 1 aliphatic heterocycles. The lowest BCUT2D eigenvalue weighted by Crippen LogP contribution is -2.19. The number of nitrogens with zero attached hydrogens (tertiary/aromatic N) is 1. The van der Waals surface area contributed by atoms with E-state index in [-0.39, 0.29) is 16.5 Å². The summed E-state index contributed by atoms with van der Waals surface area (Å²) in [5.74, 6) is -0.376. The SMILES string of the molecule is O=C1NC(=Nc2cccc(Br)c2)S/C1=C\c1ccc(-c2ccc(C(=O)O)c(Cl)c2)o1. The smallest absolute Gasteiger partial charge is 0.337 e. The van der Waals surface area contributed by atoms with E-state index in [2.05, 4.69) is 26.2 Å². The standard InChI is InChI=1S/C21H12BrClN2O4S/c22-12-2-1-3-13(9-12)24-21-25-19(26)18(30-21)10-14-5-7-17(29-14)11-4-6-15(20(27)28)16(23)8-11/h1-10H,(H,27,28)(H,24,25,26)/b18-10-. The van der Waals surface area contributed by atoms with Crippen molar-refractivity contribution in [3.05, 3.63) is 80.3 Å². The van der Waals surface area contributed by atoms with Crippen LogP contribution in [0.4, 0.5) is 5.69 Å². The van der Waals surface area contributed by atoms with E-state index in [1.54, 1.807) is 24.3 Å². The monoisotopic (exact) mass is 502 g/mol. The number of carboxylic acids is 1. The largest absolute Gasteiger partial charge is 0.478 e. The summed E-state index contributed by atoms with van der Waals surface area (Å²) in [6.07, 6.45) is 1.63. The highest BCUT2D eigenvalue weighted by molar-refractivity contribution is 9.10. The van der Waals surface area contributed by atoms with Crippen LogP contribution in [0.25, 0.3) is 17.4 Å². The topological polar surface area (TPSA) is 91.9 Å². The number of hydrogen-bond acceptors (Lipinski definition) is 5. The normalized spacial score (nSPS) is 16.3. The van der Waals surface area contributed by atoms with Gasteiger partial charge in [0.25, 0.3) is 5.91 Å². The van der Waals surface area contributed by atoms with Gasteiger partial charge in [-0.1, -0.05) is 39.7 Å². The fourth-order valence-corrected chi connectivity index (χ4v) is 4.17. The van der Waals surface area contributed by atoms with Crippen LogP contribution < -0.4 is 5.32 Å². The van der Waals surface area contributed by atoms with Crippen molar-refractivity contribution in [3.63, 3.8) is 0 Å². The van der Waals surface area contributed by atoms with Crippen LogP contribution in [0.5, 0.6) is 0 Å². The van der Waals surface area contributed by atoms with E-state index in [1.807, 2.05) is 24.3 Å². The number of halogens is 2. The Hall–Kier alpha value is -2.81. The zero-order valence-corrected chi connectivity index (χ0v) is 18.2. The number of nitrogens with one attached hydrogen (secondary N) is 1. The Kier molecular flexibility index (Phi) is 5.80. The van der Waals surface area contributed by atoms with Crippen LogP contribution in [0.2, 0.25) is 5.02 Å². The fraction of sp³-hybridized carbons (Fsp3) is 0. The van der Waals surface area contributed by atoms with Gasteiger partial charge in [-0.15, -0.1) is 0 Å². The Morgan fingerprint density at radius 2 is 2.03 bits per heavy atom. The van der Waals surface area contributed by atoms with E-state index in [1.165, 1.54) is 23.9 Å². The molecule has 1 amide bonds. The molecule has 0 aliphatic carbocycles. The molecule has 0 spiro atoms. The first-order valence-electron chi connectivity index (χ1n) is 8.57. The number of rotatable bonds is 4. The quantitative estimate of drug-likeness (QED) is 0.429. The first-order valence-corrected chi connectivity index (χ1v) is 10.6. The van der Waals surface area contributed by atoms with E-state index < -0.39 is 5.97 Å². The number of amides is 1. The Labute approximate surface area is 188 Å². The number of benzene rings is 2. The number of carbonyl (C=O) groups excluding carboxylic acids is 1. The minimum atomic E-state index is -1.10. The maximum Gasteiger partial charge on any atom is 0.337 e. The van der Waals surface area contributed by atoms with Crippen LogP contribution in [-0.4, -0.2) is 22.2 Å². The van der Waals surface area contributed by atoms with Crippen molar-refractivity contribution in [2.24, 2.45) is 4.99 Å². The number of carboxylic acid groups (broad SMARTS) is 1. The minimum absolute atomic E-state index is 0.0191. The molecular weight excluding hydrogens is 492 g/mol. The second-order valence-corrected chi connectivity index (χ2v) is 8.52. The summed E-state index contributed by atoms with van der Waals surface area (Å²) in [7, 11) is 0. The zero-order chi connectivity index (χ0) is 21.3. The molecule has 2 N–H and O–H groups in total. The summed E-state index contributed by atoms with van der Waals surface area (Å²) >= 11 is 10.6. The second kappa shape index (κ2) is 8.51. The van der Waals surface area contributed by atoms with Gasteiger partial charge in [-0.25, -0.2) is 9.79 Å². The van der Waals surface area contributed by atoms with Crippen molar-refractivity contribution in [2.75, 3.05) is 0 Å². The van der Waals surface area contributed by atoms with Crippen LogP contribution >= 0.6 is 39.3 Å². The molecule has 2 aromatic carbocycles. The first kappa shape index (κ1) is 20.5. The Bertz CT molecular complexity index is 1240. The lowest BCUT2D eigenvalue weighted by atomic mass is 10.1. The molecule has 1 aliphatic rings. The lowest BCUT2D eigenvalue weighted by molar-refractivity contribution is -0.115. The molecule has 150 valence electrons. The van der Waals surface area contributed by atoms with Crippen LogP contribution in [-0.2, 0) is 4.79 Å². The van der Waals surface area contributed by atoms with Crippen LogP contribution in [0.3, 0.4) is 0 Å². The highest BCUT2D eigenvalue weighted by atomic mass is 79.9. The van der Waals surface area contributed by atoms with Crippen molar-refractivity contribution in [3.8, 4) is 11.3 Å². The average Bonchev–Trinajstić information content (AvgIpc) is 3.28. The maximum atomic E-state index is 12.3. The highest BCUT2D eigenvalue weighted by Crippen LogP contribution is 2.31. The number of furan rings is 1. The maximum absolute atomic E-state index is 12.3. The number of aromatic carboxylic acids is 1. The van der Waals surface area contributed by atoms with E-state index in [4.69, 9.17) is 21.1 Å². The van der Waals surface area contributed by atoms with Gasteiger partial charge >= 0.3 is 5.97 Å². The molecule has 0 bridgehead atoms. The second-order valence-electron chi connectivity index (χ2n) is 6.16. The van der Waals surface area contributed by atoms with Crippen molar-refractivity contribution in [1.29, 1.82) is 0 Å². The molecule has 0 radical (unpaired) electrons. The number of carbonyl (C=O) groups is 2. The summed E-state index contributed by atoms with van der Waals surface area (Å²) < 4.78 is 6.68.